The molecule has 0 atom stereocenters. The maximum absolute atomic E-state index is 10.6. The van der Waals surface area contributed by atoms with Crippen molar-refractivity contribution in [3.8, 4) is 5.75 Å². The Morgan fingerprint density at radius 2 is 2.24 bits per heavy atom. The maximum atomic E-state index is 10.6. The van der Waals surface area contributed by atoms with Crippen molar-refractivity contribution in [2.75, 3.05) is 7.11 Å². The van der Waals surface area contributed by atoms with Crippen LogP contribution in [0.5, 0.6) is 5.75 Å². The van der Waals surface area contributed by atoms with E-state index >= 15 is 0 Å². The van der Waals surface area contributed by atoms with Gasteiger partial charge in [0.25, 0.3) is 0 Å². The average Bonchev–Trinajstić information content (AvgIpc) is 2.68. The molecule has 2 rings (SSSR count). The summed E-state index contributed by atoms with van der Waals surface area (Å²) in [4.78, 5) is 13.8. The van der Waals surface area contributed by atoms with Gasteiger partial charge < -0.3 is 14.8 Å². The molecule has 90 valence electrons. The Kier molecular flexibility index (Phi) is 3.04. The molecule has 0 aliphatic carbocycles. The fourth-order valence-electron chi connectivity index (χ4n) is 2.07. The largest absolute Gasteiger partial charge is 0.496 e. The molecule has 0 aliphatic heterocycles. The van der Waals surface area contributed by atoms with Crippen molar-refractivity contribution in [3.63, 3.8) is 0 Å². The summed E-state index contributed by atoms with van der Waals surface area (Å²) < 4.78 is 5.42. The standard InChI is InChI=1S/C13H15NO3/c1-8-7-14-10-5-3-9(4-6-11(15)16)13(17-2)12(8)10/h3,5,7,14H,4,6H2,1-2H3,(H,15,16). The smallest absolute Gasteiger partial charge is 0.303 e. The molecule has 0 saturated carbocycles. The third-order valence-electron chi connectivity index (χ3n) is 2.89. The lowest BCUT2D eigenvalue weighted by atomic mass is 10.0. The van der Waals surface area contributed by atoms with Crippen LogP contribution in [-0.4, -0.2) is 23.2 Å². The van der Waals surface area contributed by atoms with Crippen LogP contribution in [0.1, 0.15) is 17.5 Å². The van der Waals surface area contributed by atoms with E-state index in [0.717, 1.165) is 27.8 Å². The molecule has 2 aromatic rings. The van der Waals surface area contributed by atoms with Gasteiger partial charge in [0.05, 0.1) is 7.11 Å². The molecule has 1 heterocycles. The number of rotatable bonds is 4. The van der Waals surface area contributed by atoms with Crippen LogP contribution in [0, 0.1) is 6.92 Å². The molecule has 0 bridgehead atoms. The van der Waals surface area contributed by atoms with Gasteiger partial charge in [-0.25, -0.2) is 0 Å². The minimum absolute atomic E-state index is 0.116. The van der Waals surface area contributed by atoms with Crippen LogP contribution >= 0.6 is 0 Å². The molecule has 0 radical (unpaired) electrons. The number of fused-ring (bicyclic) bond motifs is 1. The van der Waals surface area contributed by atoms with Gasteiger partial charge in [-0.1, -0.05) is 6.07 Å². The number of aryl methyl sites for hydroxylation is 2. The first-order valence-electron chi connectivity index (χ1n) is 5.49. The van der Waals surface area contributed by atoms with E-state index in [4.69, 9.17) is 9.84 Å². The number of carbonyl (C=O) groups is 1. The summed E-state index contributed by atoms with van der Waals surface area (Å²) in [6, 6.07) is 3.88. The Bertz CT molecular complexity index is 557. The Morgan fingerprint density at radius 3 is 2.88 bits per heavy atom. The van der Waals surface area contributed by atoms with E-state index in [1.807, 2.05) is 25.3 Å². The lowest BCUT2D eigenvalue weighted by molar-refractivity contribution is -0.136. The van der Waals surface area contributed by atoms with Crippen LogP contribution in [0.4, 0.5) is 0 Å². The number of carboxylic acid groups (broad SMARTS) is 1. The van der Waals surface area contributed by atoms with Crippen molar-refractivity contribution in [3.05, 3.63) is 29.5 Å². The van der Waals surface area contributed by atoms with Crippen molar-refractivity contribution in [1.29, 1.82) is 0 Å². The fourth-order valence-corrected chi connectivity index (χ4v) is 2.07. The van der Waals surface area contributed by atoms with Gasteiger partial charge in [-0.15, -0.1) is 0 Å². The van der Waals surface area contributed by atoms with E-state index in [9.17, 15) is 4.79 Å². The zero-order valence-corrected chi connectivity index (χ0v) is 9.91. The van der Waals surface area contributed by atoms with Crippen LogP contribution in [0.3, 0.4) is 0 Å². The number of nitrogens with one attached hydrogen (secondary N) is 1. The second-order valence-corrected chi connectivity index (χ2v) is 4.05. The van der Waals surface area contributed by atoms with Gasteiger partial charge in [0.15, 0.2) is 0 Å². The second kappa shape index (κ2) is 4.49. The molecule has 0 amide bonds. The Balaban J connectivity index is 2.48. The zero-order chi connectivity index (χ0) is 12.4. The monoisotopic (exact) mass is 233 g/mol. The summed E-state index contributed by atoms with van der Waals surface area (Å²) in [5.41, 5.74) is 3.05. The van der Waals surface area contributed by atoms with E-state index in [1.165, 1.54) is 0 Å². The number of aromatic amines is 1. The first-order chi connectivity index (χ1) is 8.13. The molecule has 1 aromatic heterocycles. The predicted octanol–water partition coefficient (Wildman–Crippen LogP) is 2.50. The number of carboxylic acids is 1. The zero-order valence-electron chi connectivity index (χ0n) is 9.91. The number of hydrogen-bond acceptors (Lipinski definition) is 2. The summed E-state index contributed by atoms with van der Waals surface area (Å²) in [5.74, 6) is -0.0135. The van der Waals surface area contributed by atoms with E-state index in [-0.39, 0.29) is 6.42 Å². The van der Waals surface area contributed by atoms with Gasteiger partial charge in [0, 0.05) is 23.5 Å². The molecule has 0 aliphatic rings. The highest BCUT2D eigenvalue weighted by atomic mass is 16.5. The molecule has 0 fully saturated rings. The number of benzene rings is 1. The van der Waals surface area contributed by atoms with Crippen LogP contribution in [0.25, 0.3) is 10.9 Å². The molecule has 0 saturated heterocycles. The summed E-state index contributed by atoms with van der Waals surface area (Å²) in [5, 5.41) is 9.76. The van der Waals surface area contributed by atoms with E-state index in [2.05, 4.69) is 4.98 Å². The minimum atomic E-state index is -0.794. The van der Waals surface area contributed by atoms with E-state index in [0.29, 0.717) is 6.42 Å². The van der Waals surface area contributed by atoms with Crippen molar-refractivity contribution in [2.45, 2.75) is 19.8 Å². The highest BCUT2D eigenvalue weighted by Crippen LogP contribution is 2.32. The Labute approximate surface area is 99.2 Å². The maximum Gasteiger partial charge on any atom is 0.303 e. The summed E-state index contributed by atoms with van der Waals surface area (Å²) in [6.45, 7) is 2.00. The van der Waals surface area contributed by atoms with Gasteiger partial charge in [0.1, 0.15) is 5.75 Å². The molecule has 4 heteroatoms. The predicted molar refractivity (Wildman–Crippen MR) is 65.5 cm³/mol. The highest BCUT2D eigenvalue weighted by molar-refractivity contribution is 5.90. The molecule has 0 spiro atoms. The minimum Gasteiger partial charge on any atom is -0.496 e. The van der Waals surface area contributed by atoms with E-state index in [1.54, 1.807) is 7.11 Å². The summed E-state index contributed by atoms with van der Waals surface area (Å²) in [7, 11) is 1.62. The summed E-state index contributed by atoms with van der Waals surface area (Å²) in [6.07, 6.45) is 2.53. The number of aliphatic carboxylic acids is 1. The average molecular weight is 233 g/mol. The van der Waals surface area contributed by atoms with Gasteiger partial charge in [-0.05, 0) is 30.5 Å². The molecule has 17 heavy (non-hydrogen) atoms. The van der Waals surface area contributed by atoms with Crippen molar-refractivity contribution in [2.24, 2.45) is 0 Å². The normalized spacial score (nSPS) is 10.7. The van der Waals surface area contributed by atoms with Gasteiger partial charge in [0.2, 0.25) is 0 Å². The van der Waals surface area contributed by atoms with Gasteiger partial charge in [-0.2, -0.15) is 0 Å². The Hall–Kier alpha value is -1.97. The lowest BCUT2D eigenvalue weighted by Gasteiger charge is -2.09. The molecule has 4 nitrogen and oxygen atoms in total. The first-order valence-corrected chi connectivity index (χ1v) is 5.49. The number of aromatic nitrogens is 1. The van der Waals surface area contributed by atoms with Crippen LogP contribution in [0.2, 0.25) is 0 Å². The third-order valence-corrected chi connectivity index (χ3v) is 2.89. The van der Waals surface area contributed by atoms with Crippen molar-refractivity contribution < 1.29 is 14.6 Å². The fraction of sp³-hybridized carbons (Fsp3) is 0.308. The number of ether oxygens (including phenoxy) is 1. The summed E-state index contributed by atoms with van der Waals surface area (Å²) >= 11 is 0. The lowest BCUT2D eigenvalue weighted by Crippen LogP contribution is -2.00. The van der Waals surface area contributed by atoms with Gasteiger partial charge >= 0.3 is 5.97 Å². The number of H-pyrrole nitrogens is 1. The van der Waals surface area contributed by atoms with Gasteiger partial charge in [-0.3, -0.25) is 4.79 Å². The quantitative estimate of drug-likeness (QED) is 0.852. The molecule has 2 N–H and O–H groups in total. The van der Waals surface area contributed by atoms with E-state index < -0.39 is 5.97 Å². The third kappa shape index (κ3) is 2.11. The van der Waals surface area contributed by atoms with Crippen LogP contribution in [0.15, 0.2) is 18.3 Å². The number of hydrogen-bond donors (Lipinski definition) is 2. The SMILES string of the molecule is COc1c(CCC(=O)O)ccc2[nH]cc(C)c12. The van der Waals surface area contributed by atoms with Crippen molar-refractivity contribution in [1.82, 2.24) is 4.98 Å². The highest BCUT2D eigenvalue weighted by Gasteiger charge is 2.12. The molecular formula is C13H15NO3. The Morgan fingerprint density at radius 1 is 1.47 bits per heavy atom. The molecular weight excluding hydrogens is 218 g/mol. The topological polar surface area (TPSA) is 62.3 Å². The molecule has 0 unspecified atom stereocenters. The molecule has 1 aromatic carbocycles. The van der Waals surface area contributed by atoms with Crippen LogP contribution in [-0.2, 0) is 11.2 Å². The first kappa shape index (κ1) is 11.5. The van der Waals surface area contributed by atoms with Crippen LogP contribution < -0.4 is 4.74 Å². The number of methoxy groups -OCH3 is 1. The second-order valence-electron chi connectivity index (χ2n) is 4.05. The van der Waals surface area contributed by atoms with Crippen molar-refractivity contribution >= 4 is 16.9 Å².